The Kier molecular flexibility index (Phi) is 3.65. The molecule has 7 heteroatoms. The Morgan fingerprint density at radius 3 is 2.89 bits per heavy atom. The number of fused-ring (bicyclic) bond motifs is 5. The molecule has 0 aliphatic carbocycles. The molecule has 2 unspecified atom stereocenters. The van der Waals surface area contributed by atoms with Gasteiger partial charge >= 0.3 is 5.97 Å². The van der Waals surface area contributed by atoms with Gasteiger partial charge in [-0.3, -0.25) is 9.69 Å². The Bertz CT molecular complexity index is 1040. The maximum atomic E-state index is 13.8. The lowest BCUT2D eigenvalue weighted by Crippen LogP contribution is -2.49. The van der Waals surface area contributed by atoms with Gasteiger partial charge in [0, 0.05) is 28.6 Å². The van der Waals surface area contributed by atoms with E-state index < -0.39 is 17.4 Å². The van der Waals surface area contributed by atoms with Crippen molar-refractivity contribution in [3.05, 3.63) is 52.0 Å². The maximum absolute atomic E-state index is 13.8. The molecule has 0 saturated carbocycles. The molecule has 144 valence electrons. The van der Waals surface area contributed by atoms with Crippen molar-refractivity contribution < 1.29 is 24.2 Å². The number of hydrogen-bond donors (Lipinski definition) is 1. The van der Waals surface area contributed by atoms with Gasteiger partial charge < -0.3 is 14.6 Å². The van der Waals surface area contributed by atoms with Crippen molar-refractivity contribution in [3.63, 3.8) is 0 Å². The smallest absolute Gasteiger partial charge is 0.326 e. The second-order valence-electron chi connectivity index (χ2n) is 7.32. The van der Waals surface area contributed by atoms with Crippen molar-refractivity contribution in [1.82, 2.24) is 0 Å². The van der Waals surface area contributed by atoms with Crippen molar-refractivity contribution in [2.24, 2.45) is 0 Å². The van der Waals surface area contributed by atoms with Gasteiger partial charge in [0.1, 0.15) is 29.6 Å². The van der Waals surface area contributed by atoms with Crippen LogP contribution in [-0.4, -0.2) is 36.2 Å². The van der Waals surface area contributed by atoms with Gasteiger partial charge in [-0.05, 0) is 30.2 Å². The molecule has 1 spiro atoms. The average molecular weight is 400 g/mol. The van der Waals surface area contributed by atoms with E-state index in [9.17, 15) is 14.7 Å². The van der Waals surface area contributed by atoms with Gasteiger partial charge in [0.25, 0.3) is 0 Å². The molecular formula is C21H18ClNO5. The van der Waals surface area contributed by atoms with Crippen LogP contribution >= 0.6 is 11.6 Å². The number of rotatable bonds is 3. The minimum absolute atomic E-state index is 0.0906. The lowest BCUT2D eigenvalue weighted by atomic mass is 9.76. The van der Waals surface area contributed by atoms with E-state index >= 15 is 0 Å². The molecule has 0 bridgehead atoms. The predicted octanol–water partition coefficient (Wildman–Crippen LogP) is 3.16. The number of halogens is 1. The number of carbonyl (C=O) groups is 2. The number of carboxylic acids is 1. The molecule has 1 amide bonds. The van der Waals surface area contributed by atoms with E-state index in [1.54, 1.807) is 25.1 Å². The predicted molar refractivity (Wildman–Crippen MR) is 103 cm³/mol. The lowest BCUT2D eigenvalue weighted by molar-refractivity contribution is -0.140. The number of amides is 1. The quantitative estimate of drug-likeness (QED) is 0.858. The third kappa shape index (κ3) is 2.04. The van der Waals surface area contributed by atoms with Crippen LogP contribution in [0.3, 0.4) is 0 Å². The Balaban J connectivity index is 1.77. The summed E-state index contributed by atoms with van der Waals surface area (Å²) in [5, 5.41) is 10.2. The number of carboxylic acid groups (broad SMARTS) is 1. The summed E-state index contributed by atoms with van der Waals surface area (Å²) in [5.74, 6) is 0.0160. The van der Waals surface area contributed by atoms with Crippen LogP contribution in [0.4, 0.5) is 5.69 Å². The second kappa shape index (κ2) is 5.88. The molecular weight excluding hydrogens is 382 g/mol. The first kappa shape index (κ1) is 17.4. The van der Waals surface area contributed by atoms with Crippen LogP contribution in [0.2, 0.25) is 5.02 Å². The summed E-state index contributed by atoms with van der Waals surface area (Å²) >= 11 is 6.57. The van der Waals surface area contributed by atoms with E-state index in [1.165, 1.54) is 4.90 Å². The first-order valence-electron chi connectivity index (χ1n) is 9.27. The molecule has 3 heterocycles. The average Bonchev–Trinajstić information content (AvgIpc) is 3.33. The first-order valence-corrected chi connectivity index (χ1v) is 9.65. The van der Waals surface area contributed by atoms with Crippen molar-refractivity contribution in [1.29, 1.82) is 0 Å². The SMILES string of the molecule is CCC(C(=O)O)N1C(=O)C2(COc3cc4c(cc32)CCO4)c2c(Cl)cccc21. The highest BCUT2D eigenvalue weighted by Crippen LogP contribution is 2.56. The van der Waals surface area contributed by atoms with Crippen LogP contribution in [0.1, 0.15) is 30.0 Å². The van der Waals surface area contributed by atoms with Crippen LogP contribution < -0.4 is 14.4 Å². The highest BCUT2D eigenvalue weighted by molar-refractivity contribution is 6.33. The number of aliphatic carboxylic acids is 1. The van der Waals surface area contributed by atoms with Crippen molar-refractivity contribution in [2.45, 2.75) is 31.2 Å². The fourth-order valence-electron chi connectivity index (χ4n) is 4.64. The molecule has 0 fully saturated rings. The van der Waals surface area contributed by atoms with E-state index in [2.05, 4.69) is 0 Å². The van der Waals surface area contributed by atoms with Gasteiger partial charge in [-0.15, -0.1) is 0 Å². The number of carbonyl (C=O) groups excluding carboxylic acids is 1. The molecule has 0 aromatic heterocycles. The fraction of sp³-hybridized carbons (Fsp3) is 0.333. The minimum atomic E-state index is -1.14. The van der Waals surface area contributed by atoms with Crippen LogP contribution in [0.25, 0.3) is 0 Å². The van der Waals surface area contributed by atoms with Gasteiger partial charge in [-0.2, -0.15) is 0 Å². The number of anilines is 1. The van der Waals surface area contributed by atoms with Crippen molar-refractivity contribution >= 4 is 29.2 Å². The summed E-state index contributed by atoms with van der Waals surface area (Å²) in [6, 6.07) is 8.05. The summed E-state index contributed by atoms with van der Waals surface area (Å²) in [6.07, 6.45) is 1.05. The molecule has 0 radical (unpaired) electrons. The van der Waals surface area contributed by atoms with Crippen LogP contribution in [0.5, 0.6) is 11.5 Å². The Hall–Kier alpha value is -2.73. The molecule has 5 rings (SSSR count). The molecule has 6 nitrogen and oxygen atoms in total. The zero-order valence-electron chi connectivity index (χ0n) is 15.2. The third-order valence-electron chi connectivity index (χ3n) is 5.94. The Morgan fingerprint density at radius 2 is 2.14 bits per heavy atom. The zero-order chi connectivity index (χ0) is 19.6. The van der Waals surface area contributed by atoms with Gasteiger partial charge in [0.2, 0.25) is 5.91 Å². The second-order valence-corrected chi connectivity index (χ2v) is 7.73. The topological polar surface area (TPSA) is 76.1 Å². The van der Waals surface area contributed by atoms with E-state index in [0.29, 0.717) is 28.6 Å². The van der Waals surface area contributed by atoms with E-state index in [0.717, 1.165) is 23.3 Å². The number of hydrogen-bond acceptors (Lipinski definition) is 4. The minimum Gasteiger partial charge on any atom is -0.493 e. The largest absolute Gasteiger partial charge is 0.493 e. The summed E-state index contributed by atoms with van der Waals surface area (Å²) in [7, 11) is 0. The Labute approximate surface area is 166 Å². The fourth-order valence-corrected chi connectivity index (χ4v) is 4.97. The number of benzene rings is 2. The molecule has 1 N–H and O–H groups in total. The zero-order valence-corrected chi connectivity index (χ0v) is 16.0. The van der Waals surface area contributed by atoms with Gasteiger partial charge in [0.05, 0.1) is 12.3 Å². The molecule has 28 heavy (non-hydrogen) atoms. The first-order chi connectivity index (χ1) is 13.5. The van der Waals surface area contributed by atoms with Crippen molar-refractivity contribution in [2.75, 3.05) is 18.1 Å². The van der Waals surface area contributed by atoms with Gasteiger partial charge in [-0.25, -0.2) is 4.79 Å². The van der Waals surface area contributed by atoms with Crippen LogP contribution in [0.15, 0.2) is 30.3 Å². The number of ether oxygens (including phenoxy) is 2. The standard InChI is InChI=1S/C21H18ClNO5/c1-2-14(19(24)25)23-15-5-3-4-13(22)18(15)21(20(23)26)10-28-17-9-16-11(6-7-27-16)8-12(17)21/h3-5,8-9,14H,2,6-7,10H2,1H3,(H,24,25). The van der Waals surface area contributed by atoms with E-state index in [4.69, 9.17) is 21.1 Å². The molecule has 2 atom stereocenters. The van der Waals surface area contributed by atoms with Crippen LogP contribution in [-0.2, 0) is 21.4 Å². The maximum Gasteiger partial charge on any atom is 0.326 e. The summed E-state index contributed by atoms with van der Waals surface area (Å²) in [5.41, 5.74) is 1.79. The molecule has 3 aliphatic heterocycles. The Morgan fingerprint density at radius 1 is 1.32 bits per heavy atom. The lowest BCUT2D eigenvalue weighted by Gasteiger charge is -2.27. The summed E-state index contributed by atoms with van der Waals surface area (Å²) in [4.78, 5) is 27.1. The summed E-state index contributed by atoms with van der Waals surface area (Å²) in [6.45, 7) is 2.44. The van der Waals surface area contributed by atoms with Gasteiger partial charge in [-0.1, -0.05) is 24.6 Å². The molecule has 3 aliphatic rings. The normalized spacial score (nSPS) is 22.5. The molecule has 2 aromatic rings. The van der Waals surface area contributed by atoms with Crippen molar-refractivity contribution in [3.8, 4) is 11.5 Å². The third-order valence-corrected chi connectivity index (χ3v) is 6.26. The number of nitrogens with zero attached hydrogens (tertiary/aromatic N) is 1. The summed E-state index contributed by atoms with van der Waals surface area (Å²) < 4.78 is 11.6. The highest BCUT2D eigenvalue weighted by Gasteiger charge is 2.60. The molecule has 0 saturated heterocycles. The van der Waals surface area contributed by atoms with E-state index in [1.807, 2.05) is 12.1 Å². The monoisotopic (exact) mass is 399 g/mol. The highest BCUT2D eigenvalue weighted by atomic mass is 35.5. The molecule has 2 aromatic carbocycles. The van der Waals surface area contributed by atoms with Gasteiger partial charge in [0.15, 0.2) is 0 Å². The van der Waals surface area contributed by atoms with Crippen LogP contribution in [0, 0.1) is 0 Å². The van der Waals surface area contributed by atoms with E-state index in [-0.39, 0.29) is 18.9 Å².